The molecule has 0 amide bonds. The van der Waals surface area contributed by atoms with Crippen LogP contribution in [-0.4, -0.2) is 49.3 Å². The molecule has 0 radical (unpaired) electrons. The second kappa shape index (κ2) is 44.5. The first kappa shape index (κ1) is 56.0. The summed E-state index contributed by atoms with van der Waals surface area (Å²) in [6.45, 7) is 3.59. The number of unbranched alkanes of at least 4 members (excludes halogenated alkanes) is 23. The predicted octanol–water partition coefficient (Wildman–Crippen LogP) is 13.9. The smallest absolute Gasteiger partial charge is 0.462 e. The molecule has 2 atom stereocenters. The van der Waals surface area contributed by atoms with Crippen LogP contribution in [0.3, 0.4) is 0 Å². The fourth-order valence-electron chi connectivity index (χ4n) is 6.51. The van der Waals surface area contributed by atoms with Gasteiger partial charge in [-0.1, -0.05) is 197 Å². The Balaban J connectivity index is 4.09. The number of phosphoric acid groups is 1. The van der Waals surface area contributed by atoms with E-state index >= 15 is 0 Å². The molecule has 0 rings (SSSR count). The van der Waals surface area contributed by atoms with Crippen molar-refractivity contribution in [2.24, 2.45) is 5.73 Å². The maximum Gasteiger partial charge on any atom is 0.472 e. The maximum absolute atomic E-state index is 12.6. The van der Waals surface area contributed by atoms with Crippen molar-refractivity contribution in [1.29, 1.82) is 0 Å². The predicted molar refractivity (Wildman–Crippen MR) is 243 cm³/mol. The Morgan fingerprint density at radius 3 is 1.41 bits per heavy atom. The molecule has 0 bridgehead atoms. The number of phosphoric ester groups is 1. The second-order valence-electron chi connectivity index (χ2n) is 15.6. The first-order valence-corrected chi connectivity index (χ1v) is 25.1. The molecule has 0 aromatic heterocycles. The lowest BCUT2D eigenvalue weighted by molar-refractivity contribution is -0.161. The quantitative estimate of drug-likeness (QED) is 0.0266. The zero-order chi connectivity index (χ0) is 42.5. The number of carbonyl (C=O) groups excluding carboxylic acids is 2. The highest BCUT2D eigenvalue weighted by molar-refractivity contribution is 7.47. The molecule has 3 N–H and O–H groups in total. The van der Waals surface area contributed by atoms with Gasteiger partial charge in [0.25, 0.3) is 0 Å². The molecule has 0 heterocycles. The fourth-order valence-corrected chi connectivity index (χ4v) is 7.27. The van der Waals surface area contributed by atoms with Crippen molar-refractivity contribution < 1.29 is 37.6 Å². The van der Waals surface area contributed by atoms with Crippen LogP contribution in [0, 0.1) is 0 Å². The number of allylic oxidation sites excluding steroid dienone is 8. The first-order valence-electron chi connectivity index (χ1n) is 23.6. The summed E-state index contributed by atoms with van der Waals surface area (Å²) in [4.78, 5) is 34.9. The van der Waals surface area contributed by atoms with Gasteiger partial charge in [0.2, 0.25) is 0 Å². The van der Waals surface area contributed by atoms with Crippen molar-refractivity contribution in [3.8, 4) is 0 Å². The number of ether oxygens (including phenoxy) is 2. The first-order chi connectivity index (χ1) is 28.3. The number of rotatable bonds is 44. The average molecular weight is 838 g/mol. The minimum absolute atomic E-state index is 0.0474. The van der Waals surface area contributed by atoms with Crippen molar-refractivity contribution in [3.63, 3.8) is 0 Å². The van der Waals surface area contributed by atoms with Gasteiger partial charge in [-0.3, -0.25) is 18.6 Å². The van der Waals surface area contributed by atoms with Crippen molar-refractivity contribution in [1.82, 2.24) is 0 Å². The molecule has 9 nitrogen and oxygen atoms in total. The van der Waals surface area contributed by atoms with Crippen LogP contribution in [0.25, 0.3) is 0 Å². The van der Waals surface area contributed by atoms with E-state index in [1.807, 2.05) is 0 Å². The zero-order valence-corrected chi connectivity index (χ0v) is 38.2. The Hall–Kier alpha value is -2.03. The monoisotopic (exact) mass is 838 g/mol. The van der Waals surface area contributed by atoms with Gasteiger partial charge >= 0.3 is 19.8 Å². The Morgan fingerprint density at radius 2 is 0.948 bits per heavy atom. The normalized spacial score (nSPS) is 13.7. The Bertz CT molecular complexity index is 1090. The van der Waals surface area contributed by atoms with Crippen LogP contribution in [0.1, 0.15) is 213 Å². The number of nitrogens with two attached hydrogens (primary N) is 1. The number of esters is 2. The lowest BCUT2D eigenvalue weighted by Crippen LogP contribution is -2.29. The van der Waals surface area contributed by atoms with Crippen LogP contribution in [-0.2, 0) is 32.7 Å². The molecule has 0 saturated heterocycles. The van der Waals surface area contributed by atoms with Crippen LogP contribution < -0.4 is 5.73 Å². The minimum Gasteiger partial charge on any atom is -0.462 e. The number of carbonyl (C=O) groups is 2. The van der Waals surface area contributed by atoms with Crippen molar-refractivity contribution in [2.45, 2.75) is 219 Å². The largest absolute Gasteiger partial charge is 0.472 e. The Kier molecular flexibility index (Phi) is 43.0. The van der Waals surface area contributed by atoms with Gasteiger partial charge in [0.1, 0.15) is 6.61 Å². The van der Waals surface area contributed by atoms with E-state index in [1.165, 1.54) is 116 Å². The van der Waals surface area contributed by atoms with Gasteiger partial charge in [-0.15, -0.1) is 0 Å². The number of hydrogen-bond acceptors (Lipinski definition) is 8. The van der Waals surface area contributed by atoms with E-state index in [-0.39, 0.29) is 32.6 Å². The highest BCUT2D eigenvalue weighted by Gasteiger charge is 2.26. The van der Waals surface area contributed by atoms with Crippen LogP contribution in [0.5, 0.6) is 0 Å². The van der Waals surface area contributed by atoms with E-state index in [0.29, 0.717) is 12.8 Å². The standard InChI is InChI=1S/C48H88NO8P/c1-3-5-7-9-11-13-15-17-19-20-21-22-23-24-25-27-29-31-33-35-37-39-41-48(51)57-46(45-56-58(52,53)55-43-42-49)44-54-47(50)40-38-36-34-32-30-28-26-18-16-14-12-10-8-6-4-2/h6,8,12,14,18,26,30,32,46H,3-5,7,9-11,13,15-17,19-25,27-29,31,33-45,49H2,1-2H3,(H,52,53)/b8-6+,14-12+,26-18+,32-30+/t46-/m1/s1. The van der Waals surface area contributed by atoms with Gasteiger partial charge in [-0.2, -0.15) is 0 Å². The summed E-state index contributed by atoms with van der Waals surface area (Å²) in [5, 5.41) is 0. The van der Waals surface area contributed by atoms with Crippen molar-refractivity contribution in [2.75, 3.05) is 26.4 Å². The summed E-state index contributed by atoms with van der Waals surface area (Å²) in [5.41, 5.74) is 5.35. The van der Waals surface area contributed by atoms with E-state index in [2.05, 4.69) is 62.5 Å². The molecule has 0 aromatic rings. The lowest BCUT2D eigenvalue weighted by Gasteiger charge is -2.19. The highest BCUT2D eigenvalue weighted by Crippen LogP contribution is 2.43. The third-order valence-electron chi connectivity index (χ3n) is 9.98. The molecule has 58 heavy (non-hydrogen) atoms. The second-order valence-corrected chi connectivity index (χ2v) is 17.1. The molecule has 338 valence electrons. The molecule has 0 aliphatic carbocycles. The summed E-state index contributed by atoms with van der Waals surface area (Å²) in [6, 6.07) is 0. The van der Waals surface area contributed by atoms with Crippen LogP contribution in [0.15, 0.2) is 48.6 Å². The van der Waals surface area contributed by atoms with E-state index in [4.69, 9.17) is 24.3 Å². The summed E-state index contributed by atoms with van der Waals surface area (Å²) in [5.74, 6) is -0.872. The van der Waals surface area contributed by atoms with E-state index in [9.17, 15) is 19.0 Å². The summed E-state index contributed by atoms with van der Waals surface area (Å²) in [7, 11) is -4.39. The zero-order valence-electron chi connectivity index (χ0n) is 37.3. The minimum atomic E-state index is -4.39. The van der Waals surface area contributed by atoms with Gasteiger partial charge in [-0.05, 0) is 51.4 Å². The van der Waals surface area contributed by atoms with Crippen molar-refractivity contribution >= 4 is 19.8 Å². The van der Waals surface area contributed by atoms with Crippen molar-refractivity contribution in [3.05, 3.63) is 48.6 Å². The van der Waals surface area contributed by atoms with Gasteiger partial charge in [0.05, 0.1) is 13.2 Å². The van der Waals surface area contributed by atoms with E-state index in [0.717, 1.165) is 57.8 Å². The molecule has 0 aromatic carbocycles. The summed E-state index contributed by atoms with van der Waals surface area (Å²) in [6.07, 6.45) is 51.6. The summed E-state index contributed by atoms with van der Waals surface area (Å²) >= 11 is 0. The van der Waals surface area contributed by atoms with E-state index < -0.39 is 32.5 Å². The SMILES string of the molecule is CC/C=C/C/C=C/C/C=C/C/C=C/CCCCC(=O)OC[C@H](COP(=O)(O)OCCN)OC(=O)CCCCCCCCCCCCCCCCCCCCCCCC. The lowest BCUT2D eigenvalue weighted by atomic mass is 10.0. The molecule has 0 fully saturated rings. The Labute approximate surface area is 356 Å². The average Bonchev–Trinajstić information content (AvgIpc) is 3.21. The number of hydrogen-bond donors (Lipinski definition) is 2. The molecular weight excluding hydrogens is 750 g/mol. The third-order valence-corrected chi connectivity index (χ3v) is 11.0. The highest BCUT2D eigenvalue weighted by atomic mass is 31.2. The maximum atomic E-state index is 12.6. The topological polar surface area (TPSA) is 134 Å². The van der Waals surface area contributed by atoms with Crippen LogP contribution >= 0.6 is 7.82 Å². The summed E-state index contributed by atoms with van der Waals surface area (Å²) < 4.78 is 32.8. The van der Waals surface area contributed by atoms with Crippen LogP contribution in [0.2, 0.25) is 0 Å². The van der Waals surface area contributed by atoms with Gasteiger partial charge in [0, 0.05) is 19.4 Å². The molecule has 0 aliphatic heterocycles. The molecule has 0 spiro atoms. The molecular formula is C48H88NO8P. The molecule has 10 heteroatoms. The fraction of sp³-hybridized carbons (Fsp3) is 0.792. The van der Waals surface area contributed by atoms with E-state index in [1.54, 1.807) is 0 Å². The van der Waals surface area contributed by atoms with Gasteiger partial charge < -0.3 is 20.1 Å². The van der Waals surface area contributed by atoms with Crippen LogP contribution in [0.4, 0.5) is 0 Å². The van der Waals surface area contributed by atoms with Gasteiger partial charge in [-0.25, -0.2) is 4.57 Å². The van der Waals surface area contributed by atoms with Gasteiger partial charge in [0.15, 0.2) is 6.10 Å². The molecule has 0 saturated carbocycles. The Morgan fingerprint density at radius 1 is 0.534 bits per heavy atom. The third kappa shape index (κ3) is 43.5. The molecule has 1 unspecified atom stereocenters. The molecule has 0 aliphatic rings.